The molecule has 2 amide bonds. The normalized spacial score (nSPS) is 13.1. The van der Waals surface area contributed by atoms with Crippen molar-refractivity contribution in [2.45, 2.75) is 51.6 Å². The van der Waals surface area contributed by atoms with Gasteiger partial charge in [-0.1, -0.05) is 26.0 Å². The molecule has 1 heterocycles. The number of sulfonamides is 1. The molecular formula is C17H28N6O3S. The van der Waals surface area contributed by atoms with Gasteiger partial charge in [0.1, 0.15) is 5.52 Å². The van der Waals surface area contributed by atoms with E-state index in [2.05, 4.69) is 20.9 Å². The molecule has 1 atom stereocenters. The molecule has 1 unspecified atom stereocenters. The van der Waals surface area contributed by atoms with Crippen LogP contribution in [-0.4, -0.2) is 59.4 Å². The second-order valence-electron chi connectivity index (χ2n) is 6.26. The van der Waals surface area contributed by atoms with Gasteiger partial charge >= 0.3 is 6.03 Å². The van der Waals surface area contributed by atoms with Gasteiger partial charge in [0.05, 0.1) is 17.0 Å². The predicted molar refractivity (Wildman–Crippen MR) is 104 cm³/mol. The maximum atomic E-state index is 12.6. The van der Waals surface area contributed by atoms with Gasteiger partial charge in [-0.2, -0.15) is 4.31 Å². The summed E-state index contributed by atoms with van der Waals surface area (Å²) in [7, 11) is -3.53. The van der Waals surface area contributed by atoms with Crippen molar-refractivity contribution in [3.63, 3.8) is 0 Å². The summed E-state index contributed by atoms with van der Waals surface area (Å²) in [5, 5.41) is 13.7. The Hall–Kier alpha value is -2.20. The molecule has 0 saturated carbocycles. The van der Waals surface area contributed by atoms with Crippen LogP contribution in [0.3, 0.4) is 0 Å². The molecule has 2 rings (SSSR count). The Kier molecular flexibility index (Phi) is 7.14. The number of nitrogens with one attached hydrogen (secondary N) is 2. The van der Waals surface area contributed by atoms with Gasteiger partial charge in [-0.15, -0.1) is 5.10 Å². The van der Waals surface area contributed by atoms with E-state index in [0.29, 0.717) is 31.7 Å². The fourth-order valence-corrected chi connectivity index (χ4v) is 4.12. The van der Waals surface area contributed by atoms with Crippen molar-refractivity contribution in [3.05, 3.63) is 18.2 Å². The minimum atomic E-state index is -3.53. The zero-order valence-corrected chi connectivity index (χ0v) is 17.1. The van der Waals surface area contributed by atoms with Crippen LogP contribution in [-0.2, 0) is 16.6 Å². The van der Waals surface area contributed by atoms with Crippen molar-refractivity contribution in [2.24, 2.45) is 0 Å². The third kappa shape index (κ3) is 4.95. The first-order valence-corrected chi connectivity index (χ1v) is 10.6. The number of carbonyl (C=O) groups is 1. The van der Waals surface area contributed by atoms with Crippen molar-refractivity contribution in [1.29, 1.82) is 0 Å². The zero-order valence-electron chi connectivity index (χ0n) is 16.3. The Bertz CT molecular complexity index is 876. The van der Waals surface area contributed by atoms with E-state index in [-0.39, 0.29) is 17.0 Å². The molecule has 0 radical (unpaired) electrons. The summed E-state index contributed by atoms with van der Waals surface area (Å²) in [5.41, 5.74) is 1.23. The highest BCUT2D eigenvalue weighted by atomic mass is 32.2. The number of benzene rings is 1. The molecule has 0 aliphatic rings. The van der Waals surface area contributed by atoms with Crippen LogP contribution < -0.4 is 10.6 Å². The van der Waals surface area contributed by atoms with Gasteiger partial charge in [-0.25, -0.2) is 17.9 Å². The minimum absolute atomic E-state index is 0.114. The van der Waals surface area contributed by atoms with E-state index in [1.54, 1.807) is 30.7 Å². The van der Waals surface area contributed by atoms with Crippen LogP contribution in [0, 0.1) is 0 Å². The van der Waals surface area contributed by atoms with Crippen molar-refractivity contribution in [1.82, 2.24) is 29.9 Å². The quantitative estimate of drug-likeness (QED) is 0.668. The molecule has 2 N–H and O–H groups in total. The Morgan fingerprint density at radius 3 is 2.59 bits per heavy atom. The van der Waals surface area contributed by atoms with Gasteiger partial charge in [-0.3, -0.25) is 0 Å². The van der Waals surface area contributed by atoms with E-state index in [1.165, 1.54) is 10.4 Å². The molecule has 9 nitrogen and oxygen atoms in total. The number of fused-ring (bicyclic) bond motifs is 1. The van der Waals surface area contributed by atoms with Crippen LogP contribution in [0.2, 0.25) is 0 Å². The molecule has 150 valence electrons. The maximum Gasteiger partial charge on any atom is 0.315 e. The SMILES string of the molecule is CCC(C)NC(=O)NCCn1nnc2cc(S(=O)(=O)N(CC)CC)ccc21. The number of hydrogen-bond donors (Lipinski definition) is 2. The third-order valence-corrected chi connectivity index (χ3v) is 6.47. The van der Waals surface area contributed by atoms with Gasteiger partial charge < -0.3 is 10.6 Å². The Morgan fingerprint density at radius 1 is 1.26 bits per heavy atom. The van der Waals surface area contributed by atoms with Crippen LogP contribution in [0.5, 0.6) is 0 Å². The van der Waals surface area contributed by atoms with E-state index in [1.807, 2.05) is 13.8 Å². The van der Waals surface area contributed by atoms with Crippen LogP contribution in [0.25, 0.3) is 11.0 Å². The first kappa shape index (κ1) is 21.1. The summed E-state index contributed by atoms with van der Waals surface area (Å²) in [6, 6.07) is 4.70. The molecule has 27 heavy (non-hydrogen) atoms. The van der Waals surface area contributed by atoms with Gasteiger partial charge in [0, 0.05) is 25.7 Å². The fraction of sp³-hybridized carbons (Fsp3) is 0.588. The molecule has 1 aromatic heterocycles. The summed E-state index contributed by atoms with van der Waals surface area (Å²) in [6.45, 7) is 9.20. The molecular weight excluding hydrogens is 368 g/mol. The van der Waals surface area contributed by atoms with Gasteiger partial charge in [0.25, 0.3) is 0 Å². The average Bonchev–Trinajstić information content (AvgIpc) is 3.04. The summed E-state index contributed by atoms with van der Waals surface area (Å²) in [4.78, 5) is 11.9. The van der Waals surface area contributed by atoms with E-state index in [4.69, 9.17) is 0 Å². The average molecular weight is 397 g/mol. The fourth-order valence-electron chi connectivity index (χ4n) is 2.64. The Morgan fingerprint density at radius 2 is 1.96 bits per heavy atom. The lowest BCUT2D eigenvalue weighted by atomic mass is 10.3. The summed E-state index contributed by atoms with van der Waals surface area (Å²) >= 11 is 0. The number of aromatic nitrogens is 3. The van der Waals surface area contributed by atoms with Gasteiger partial charge in [-0.05, 0) is 31.5 Å². The number of amides is 2. The largest absolute Gasteiger partial charge is 0.336 e. The van der Waals surface area contributed by atoms with Crippen LogP contribution in [0.4, 0.5) is 4.79 Å². The lowest BCUT2D eigenvalue weighted by Crippen LogP contribution is -2.41. The van der Waals surface area contributed by atoms with Crippen LogP contribution in [0.1, 0.15) is 34.1 Å². The molecule has 1 aromatic carbocycles. The molecule has 10 heteroatoms. The smallest absolute Gasteiger partial charge is 0.315 e. The topological polar surface area (TPSA) is 109 Å². The minimum Gasteiger partial charge on any atom is -0.336 e. The standard InChI is InChI=1S/C17H28N6O3S/c1-5-13(4)19-17(24)18-10-11-23-16-9-8-14(12-15(16)20-21-23)27(25,26)22(6-2)7-3/h8-9,12-13H,5-7,10-11H2,1-4H3,(H2,18,19,24). The van der Waals surface area contributed by atoms with Crippen LogP contribution in [0.15, 0.2) is 23.1 Å². The molecule has 0 aliphatic heterocycles. The first-order chi connectivity index (χ1) is 12.8. The second-order valence-corrected chi connectivity index (χ2v) is 8.20. The summed E-state index contributed by atoms with van der Waals surface area (Å²) < 4.78 is 28.3. The van der Waals surface area contributed by atoms with Gasteiger partial charge in [0.2, 0.25) is 10.0 Å². The lowest BCUT2D eigenvalue weighted by Gasteiger charge is -2.18. The van der Waals surface area contributed by atoms with Gasteiger partial charge in [0.15, 0.2) is 0 Å². The van der Waals surface area contributed by atoms with E-state index in [0.717, 1.165) is 11.9 Å². The number of hydrogen-bond acceptors (Lipinski definition) is 5. The number of nitrogens with zero attached hydrogens (tertiary/aromatic N) is 4. The second kappa shape index (κ2) is 9.14. The number of rotatable bonds is 9. The first-order valence-electron chi connectivity index (χ1n) is 9.21. The van der Waals surface area contributed by atoms with Crippen molar-refractivity contribution >= 4 is 27.1 Å². The molecule has 2 aromatic rings. The molecule has 0 saturated heterocycles. The number of urea groups is 1. The predicted octanol–water partition coefficient (Wildman–Crippen LogP) is 1.56. The highest BCUT2D eigenvalue weighted by molar-refractivity contribution is 7.89. The van der Waals surface area contributed by atoms with E-state index >= 15 is 0 Å². The highest BCUT2D eigenvalue weighted by Crippen LogP contribution is 2.20. The Labute approximate surface area is 160 Å². The van der Waals surface area contributed by atoms with Crippen molar-refractivity contribution < 1.29 is 13.2 Å². The van der Waals surface area contributed by atoms with E-state index < -0.39 is 10.0 Å². The van der Waals surface area contributed by atoms with Crippen molar-refractivity contribution in [3.8, 4) is 0 Å². The van der Waals surface area contributed by atoms with Crippen molar-refractivity contribution in [2.75, 3.05) is 19.6 Å². The number of carbonyl (C=O) groups excluding carboxylic acids is 1. The van der Waals surface area contributed by atoms with E-state index in [9.17, 15) is 13.2 Å². The molecule has 0 aliphatic carbocycles. The monoisotopic (exact) mass is 396 g/mol. The highest BCUT2D eigenvalue weighted by Gasteiger charge is 2.22. The lowest BCUT2D eigenvalue weighted by molar-refractivity contribution is 0.237. The maximum absolute atomic E-state index is 12.6. The summed E-state index contributed by atoms with van der Waals surface area (Å²) in [6.07, 6.45) is 0.861. The summed E-state index contributed by atoms with van der Waals surface area (Å²) in [5.74, 6) is 0. The molecule has 0 bridgehead atoms. The zero-order chi connectivity index (χ0) is 20.0. The third-order valence-electron chi connectivity index (χ3n) is 4.43. The molecule has 0 fully saturated rings. The Balaban J connectivity index is 2.09. The van der Waals surface area contributed by atoms with Crippen LogP contribution >= 0.6 is 0 Å². The molecule has 0 spiro atoms.